The van der Waals surface area contributed by atoms with E-state index in [1.165, 1.54) is 12.8 Å². The first-order chi connectivity index (χ1) is 11.8. The number of fused-ring (bicyclic) bond motifs is 1. The lowest BCUT2D eigenvalue weighted by Gasteiger charge is -2.12. The maximum Gasteiger partial charge on any atom is 0.249 e. The number of carbonyl (C=O) groups is 1. The van der Waals surface area contributed by atoms with Crippen molar-refractivity contribution in [2.75, 3.05) is 26.2 Å². The van der Waals surface area contributed by atoms with Gasteiger partial charge in [-0.25, -0.2) is 0 Å². The van der Waals surface area contributed by atoms with E-state index in [0.717, 1.165) is 36.0 Å². The fourth-order valence-electron chi connectivity index (χ4n) is 3.19. The van der Waals surface area contributed by atoms with Gasteiger partial charge in [0.15, 0.2) is 0 Å². The molecule has 1 heterocycles. The van der Waals surface area contributed by atoms with Crippen molar-refractivity contribution in [2.45, 2.75) is 19.3 Å². The van der Waals surface area contributed by atoms with Gasteiger partial charge >= 0.3 is 0 Å². The Kier molecular flexibility index (Phi) is 5.43. The lowest BCUT2D eigenvalue weighted by Crippen LogP contribution is -2.23. The quantitative estimate of drug-likeness (QED) is 0.483. The molecular weight excluding hydrogens is 302 g/mol. The molecule has 0 unspecified atom stereocenters. The third kappa shape index (κ3) is 3.92. The summed E-state index contributed by atoms with van der Waals surface area (Å²) in [6.45, 7) is 3.83. The second kappa shape index (κ2) is 7.93. The van der Waals surface area contributed by atoms with Gasteiger partial charge in [-0.2, -0.15) is 0 Å². The molecule has 1 fully saturated rings. The van der Waals surface area contributed by atoms with E-state index in [9.17, 15) is 4.79 Å². The molecular formula is C19H23N3O2. The molecule has 1 amide bonds. The van der Waals surface area contributed by atoms with E-state index >= 15 is 0 Å². The molecule has 5 nitrogen and oxygen atoms in total. The van der Waals surface area contributed by atoms with Gasteiger partial charge in [0.1, 0.15) is 6.61 Å². The number of hydrogen-bond donors (Lipinski definition) is 1. The number of carbonyl (C=O) groups excluding carboxylic acids is 1. The van der Waals surface area contributed by atoms with Gasteiger partial charge in [0.25, 0.3) is 0 Å². The molecule has 2 aromatic rings. The van der Waals surface area contributed by atoms with Crippen LogP contribution in [0.1, 0.15) is 28.8 Å². The summed E-state index contributed by atoms with van der Waals surface area (Å²) in [7, 11) is 0. The maximum atomic E-state index is 11.9. The Morgan fingerprint density at radius 3 is 2.79 bits per heavy atom. The average Bonchev–Trinajstić information content (AvgIpc) is 3.10. The molecule has 3 rings (SSSR count). The van der Waals surface area contributed by atoms with E-state index in [0.29, 0.717) is 18.6 Å². The highest BCUT2D eigenvalue weighted by Gasteiger charge is 2.12. The summed E-state index contributed by atoms with van der Waals surface area (Å²) >= 11 is 0. The van der Waals surface area contributed by atoms with Crippen LogP contribution in [0, 0.1) is 0 Å². The lowest BCUT2D eigenvalue weighted by atomic mass is 9.97. The molecule has 5 heteroatoms. The summed E-state index contributed by atoms with van der Waals surface area (Å²) in [6.07, 6.45) is 4.77. The third-order valence-electron chi connectivity index (χ3n) is 4.42. The Morgan fingerprint density at radius 2 is 2.00 bits per heavy atom. The van der Waals surface area contributed by atoms with E-state index in [2.05, 4.69) is 10.1 Å². The van der Waals surface area contributed by atoms with Crippen LogP contribution < -0.4 is 5.73 Å². The fourth-order valence-corrected chi connectivity index (χ4v) is 3.19. The molecule has 0 radical (unpaired) electrons. The molecule has 0 atom stereocenters. The van der Waals surface area contributed by atoms with Gasteiger partial charge in [-0.3, -0.25) is 9.69 Å². The SMILES string of the molecule is NC(=O)c1c(CC=NOCCN2CCCC2)ccc2ccccc12. The number of nitrogens with two attached hydrogens (primary N) is 1. The monoisotopic (exact) mass is 325 g/mol. The van der Waals surface area contributed by atoms with Gasteiger partial charge in [0.05, 0.1) is 5.56 Å². The Balaban J connectivity index is 1.61. The minimum Gasteiger partial charge on any atom is -0.395 e. The van der Waals surface area contributed by atoms with Crippen LogP contribution in [-0.4, -0.2) is 43.3 Å². The molecule has 24 heavy (non-hydrogen) atoms. The first kappa shape index (κ1) is 16.5. The van der Waals surface area contributed by atoms with Crippen LogP contribution in [0.5, 0.6) is 0 Å². The van der Waals surface area contributed by atoms with Crippen LogP contribution in [0.25, 0.3) is 10.8 Å². The van der Waals surface area contributed by atoms with Crippen molar-refractivity contribution in [1.82, 2.24) is 4.90 Å². The predicted octanol–water partition coefficient (Wildman–Crippen LogP) is 2.58. The Hall–Kier alpha value is -2.40. The molecule has 1 aliphatic rings. The van der Waals surface area contributed by atoms with Gasteiger partial charge in [-0.1, -0.05) is 41.6 Å². The highest BCUT2D eigenvalue weighted by molar-refractivity contribution is 6.08. The van der Waals surface area contributed by atoms with Crippen LogP contribution >= 0.6 is 0 Å². The summed E-state index contributed by atoms with van der Waals surface area (Å²) in [5, 5.41) is 5.89. The molecule has 0 saturated carbocycles. The zero-order valence-corrected chi connectivity index (χ0v) is 13.8. The normalized spacial score (nSPS) is 15.3. The average molecular weight is 325 g/mol. The second-order valence-corrected chi connectivity index (χ2v) is 6.06. The van der Waals surface area contributed by atoms with Crippen molar-refractivity contribution in [3.05, 3.63) is 47.5 Å². The van der Waals surface area contributed by atoms with E-state index in [1.54, 1.807) is 6.21 Å². The van der Waals surface area contributed by atoms with Crippen LogP contribution in [0.4, 0.5) is 0 Å². The standard InChI is InChI=1S/C19H23N3O2/c20-19(23)18-16(8-7-15-5-1-2-6-17(15)18)9-10-21-24-14-13-22-11-3-4-12-22/h1-2,5-8,10H,3-4,9,11-14H2,(H2,20,23). The highest BCUT2D eigenvalue weighted by atomic mass is 16.6. The predicted molar refractivity (Wildman–Crippen MR) is 96.3 cm³/mol. The van der Waals surface area contributed by atoms with Crippen LogP contribution in [-0.2, 0) is 11.3 Å². The summed E-state index contributed by atoms with van der Waals surface area (Å²) in [6, 6.07) is 11.7. The van der Waals surface area contributed by atoms with Gasteiger partial charge in [0.2, 0.25) is 5.91 Å². The topological polar surface area (TPSA) is 67.9 Å². The minimum atomic E-state index is -0.412. The van der Waals surface area contributed by atoms with Crippen molar-refractivity contribution in [1.29, 1.82) is 0 Å². The summed E-state index contributed by atoms with van der Waals surface area (Å²) in [5.41, 5.74) is 7.02. The number of benzene rings is 2. The molecule has 0 bridgehead atoms. The number of primary amides is 1. The molecule has 0 aromatic heterocycles. The maximum absolute atomic E-state index is 11.9. The van der Waals surface area contributed by atoms with Gasteiger partial charge in [-0.05, 0) is 42.3 Å². The van der Waals surface area contributed by atoms with Crippen molar-refractivity contribution in [2.24, 2.45) is 10.9 Å². The number of hydrogen-bond acceptors (Lipinski definition) is 4. The Morgan fingerprint density at radius 1 is 1.21 bits per heavy atom. The number of likely N-dealkylation sites (tertiary alicyclic amines) is 1. The number of nitrogens with zero attached hydrogens (tertiary/aromatic N) is 2. The van der Waals surface area contributed by atoms with Gasteiger partial charge in [-0.15, -0.1) is 0 Å². The molecule has 0 aliphatic carbocycles. The highest BCUT2D eigenvalue weighted by Crippen LogP contribution is 2.22. The molecule has 1 saturated heterocycles. The first-order valence-corrected chi connectivity index (χ1v) is 8.42. The lowest BCUT2D eigenvalue weighted by molar-refractivity contribution is 0.100. The smallest absolute Gasteiger partial charge is 0.249 e. The van der Waals surface area contributed by atoms with Gasteiger partial charge in [0, 0.05) is 19.2 Å². The second-order valence-electron chi connectivity index (χ2n) is 6.06. The Bertz CT molecular complexity index is 736. The fraction of sp³-hybridized carbons (Fsp3) is 0.368. The number of amides is 1. The summed E-state index contributed by atoms with van der Waals surface area (Å²) < 4.78 is 0. The minimum absolute atomic E-state index is 0.412. The number of rotatable bonds is 7. The molecule has 0 spiro atoms. The molecule has 2 N–H and O–H groups in total. The Labute approximate surface area is 142 Å². The van der Waals surface area contributed by atoms with Crippen molar-refractivity contribution >= 4 is 22.9 Å². The molecule has 126 valence electrons. The first-order valence-electron chi connectivity index (χ1n) is 8.42. The zero-order chi connectivity index (χ0) is 16.8. The molecule has 2 aromatic carbocycles. The van der Waals surface area contributed by atoms with E-state index in [4.69, 9.17) is 10.6 Å². The van der Waals surface area contributed by atoms with Crippen molar-refractivity contribution < 1.29 is 9.63 Å². The van der Waals surface area contributed by atoms with Crippen molar-refractivity contribution in [3.63, 3.8) is 0 Å². The van der Waals surface area contributed by atoms with Crippen LogP contribution in [0.3, 0.4) is 0 Å². The summed E-state index contributed by atoms with van der Waals surface area (Å²) in [5.74, 6) is -0.412. The van der Waals surface area contributed by atoms with Crippen LogP contribution in [0.15, 0.2) is 41.6 Å². The largest absolute Gasteiger partial charge is 0.395 e. The van der Waals surface area contributed by atoms with Crippen molar-refractivity contribution in [3.8, 4) is 0 Å². The van der Waals surface area contributed by atoms with E-state index in [-0.39, 0.29) is 0 Å². The summed E-state index contributed by atoms with van der Waals surface area (Å²) in [4.78, 5) is 19.6. The van der Waals surface area contributed by atoms with E-state index < -0.39 is 5.91 Å². The molecule has 1 aliphatic heterocycles. The van der Waals surface area contributed by atoms with Crippen LogP contribution in [0.2, 0.25) is 0 Å². The zero-order valence-electron chi connectivity index (χ0n) is 13.8. The van der Waals surface area contributed by atoms with Gasteiger partial charge < -0.3 is 10.6 Å². The third-order valence-corrected chi connectivity index (χ3v) is 4.42. The van der Waals surface area contributed by atoms with E-state index in [1.807, 2.05) is 36.4 Å². The number of oxime groups is 1.